The van der Waals surface area contributed by atoms with Crippen molar-refractivity contribution >= 4 is 7.82 Å². The Labute approximate surface area is 280 Å². The molecule has 0 aromatic carbocycles. The second-order valence-electron chi connectivity index (χ2n) is 12.9. The van der Waals surface area contributed by atoms with E-state index < -0.39 is 7.82 Å². The van der Waals surface area contributed by atoms with Gasteiger partial charge in [0.2, 0.25) is 0 Å². The van der Waals surface area contributed by atoms with Gasteiger partial charge in [-0.2, -0.15) is 0 Å². The van der Waals surface area contributed by atoms with Crippen LogP contribution >= 0.6 is 7.82 Å². The van der Waals surface area contributed by atoms with Crippen LogP contribution in [-0.4, -0.2) is 43.1 Å². The Morgan fingerprint density at radius 1 is 0.578 bits per heavy atom. The lowest BCUT2D eigenvalue weighted by Crippen LogP contribution is -2.19. The number of unbranched alkanes of at least 4 members (excludes halogenated alkanes) is 16. The molecular weight excluding hydrogens is 577 g/mol. The van der Waals surface area contributed by atoms with Crippen LogP contribution in [0.2, 0.25) is 0 Å². The quantitative estimate of drug-likeness (QED) is 0.0426. The van der Waals surface area contributed by atoms with E-state index in [1.165, 1.54) is 103 Å². The van der Waals surface area contributed by atoms with Crippen LogP contribution in [0.3, 0.4) is 0 Å². The minimum atomic E-state index is -4.03. The summed E-state index contributed by atoms with van der Waals surface area (Å²) in [4.78, 5) is 12.3. The summed E-state index contributed by atoms with van der Waals surface area (Å²) in [6, 6.07) is 0. The van der Waals surface area contributed by atoms with Crippen molar-refractivity contribution < 1.29 is 18.5 Å². The van der Waals surface area contributed by atoms with Gasteiger partial charge in [-0.05, 0) is 78.3 Å². The molecule has 1 atom stereocenters. The molecule has 0 rings (SSSR count). The molecule has 0 spiro atoms. The first kappa shape index (κ1) is 44.0. The number of phosphoric ester groups is 1. The third-order valence-electron chi connectivity index (χ3n) is 8.03. The molecule has 0 fully saturated rings. The summed E-state index contributed by atoms with van der Waals surface area (Å²) in [5.41, 5.74) is 0. The molecule has 0 aliphatic rings. The summed E-state index contributed by atoms with van der Waals surface area (Å²) >= 11 is 0. The maximum Gasteiger partial charge on any atom is 0.472 e. The standard InChI is InChI=1S/C39H74NO4P/c1-5-7-9-11-13-15-17-19-21-23-25-27-29-31-33-35-39(44-45(41,42)43-38-37-40(3)4)36-34-32-30-28-26-24-22-20-18-16-14-12-10-8-6-2/h11-14,17-20,39H,5-10,15-16,21-38H2,1-4H3,(H,41,42)/b13-11-,14-12-,19-17-,20-18-. The Balaban J connectivity index is 4.16. The molecule has 0 heterocycles. The van der Waals surface area contributed by atoms with E-state index in [0.717, 1.165) is 51.4 Å². The van der Waals surface area contributed by atoms with Gasteiger partial charge in [-0.15, -0.1) is 0 Å². The summed E-state index contributed by atoms with van der Waals surface area (Å²) < 4.78 is 23.6. The van der Waals surface area contributed by atoms with Gasteiger partial charge < -0.3 is 9.79 Å². The van der Waals surface area contributed by atoms with Gasteiger partial charge in [-0.1, -0.05) is 152 Å². The zero-order valence-corrected chi connectivity index (χ0v) is 31.0. The van der Waals surface area contributed by atoms with Crippen molar-refractivity contribution in [3.63, 3.8) is 0 Å². The van der Waals surface area contributed by atoms with Crippen molar-refractivity contribution in [2.45, 2.75) is 174 Å². The number of phosphoric acid groups is 1. The SMILES string of the molecule is CCCC/C=C\C/C=C\CCCCCCCCC(CCCCCCCC/C=C\C/C=C\CCCC)OP(=O)(O)OCCN(C)C. The summed E-state index contributed by atoms with van der Waals surface area (Å²) in [6.07, 6.45) is 46.2. The Hall–Kier alpha value is -0.970. The first-order valence-electron chi connectivity index (χ1n) is 18.8. The lowest BCUT2D eigenvalue weighted by Gasteiger charge is -2.21. The van der Waals surface area contributed by atoms with E-state index in [9.17, 15) is 9.46 Å². The van der Waals surface area contributed by atoms with Gasteiger partial charge in [-0.25, -0.2) is 4.57 Å². The topological polar surface area (TPSA) is 59.0 Å². The molecule has 0 bridgehead atoms. The molecule has 0 saturated heterocycles. The molecule has 0 aliphatic heterocycles. The minimum absolute atomic E-state index is 0.198. The number of rotatable bonds is 34. The van der Waals surface area contributed by atoms with Gasteiger partial charge in [-0.3, -0.25) is 9.05 Å². The van der Waals surface area contributed by atoms with Crippen molar-refractivity contribution in [3.8, 4) is 0 Å². The maximum absolute atomic E-state index is 12.6. The first-order valence-corrected chi connectivity index (χ1v) is 20.3. The van der Waals surface area contributed by atoms with Crippen LogP contribution in [-0.2, 0) is 13.6 Å². The van der Waals surface area contributed by atoms with Gasteiger partial charge in [0.05, 0.1) is 12.7 Å². The molecule has 0 aromatic rings. The highest BCUT2D eigenvalue weighted by atomic mass is 31.2. The summed E-state index contributed by atoms with van der Waals surface area (Å²) in [5, 5.41) is 0. The van der Waals surface area contributed by atoms with Crippen molar-refractivity contribution in [2.75, 3.05) is 27.2 Å². The van der Waals surface area contributed by atoms with E-state index in [0.29, 0.717) is 6.54 Å². The molecule has 264 valence electrons. The number of allylic oxidation sites excluding steroid dienone is 8. The average molecular weight is 652 g/mol. The van der Waals surface area contributed by atoms with Crippen LogP contribution < -0.4 is 0 Å². The number of likely N-dealkylation sites (N-methyl/N-ethyl adjacent to an activating group) is 1. The van der Waals surface area contributed by atoms with E-state index >= 15 is 0 Å². The molecule has 0 amide bonds. The molecule has 0 saturated carbocycles. The van der Waals surface area contributed by atoms with Crippen molar-refractivity contribution in [2.24, 2.45) is 0 Å². The van der Waals surface area contributed by atoms with E-state index in [-0.39, 0.29) is 12.7 Å². The molecule has 0 radical (unpaired) electrons. The van der Waals surface area contributed by atoms with Gasteiger partial charge >= 0.3 is 7.82 Å². The number of hydrogen-bond donors (Lipinski definition) is 1. The predicted molar refractivity (Wildman–Crippen MR) is 198 cm³/mol. The lowest BCUT2D eigenvalue weighted by atomic mass is 10.0. The van der Waals surface area contributed by atoms with E-state index in [2.05, 4.69) is 62.5 Å². The summed E-state index contributed by atoms with van der Waals surface area (Å²) in [5.74, 6) is 0. The summed E-state index contributed by atoms with van der Waals surface area (Å²) in [6.45, 7) is 5.26. The Morgan fingerprint density at radius 2 is 0.956 bits per heavy atom. The molecule has 45 heavy (non-hydrogen) atoms. The summed E-state index contributed by atoms with van der Waals surface area (Å²) in [7, 11) is -0.189. The van der Waals surface area contributed by atoms with Crippen molar-refractivity contribution in [1.82, 2.24) is 4.90 Å². The molecule has 0 aromatic heterocycles. The first-order chi connectivity index (χ1) is 21.9. The molecule has 6 heteroatoms. The largest absolute Gasteiger partial charge is 0.472 e. The van der Waals surface area contributed by atoms with Crippen molar-refractivity contribution in [3.05, 3.63) is 48.6 Å². The lowest BCUT2D eigenvalue weighted by molar-refractivity contribution is 0.0874. The minimum Gasteiger partial charge on any atom is -0.307 e. The third kappa shape index (κ3) is 35.7. The highest BCUT2D eigenvalue weighted by molar-refractivity contribution is 7.47. The van der Waals surface area contributed by atoms with Crippen LogP contribution in [0.1, 0.15) is 168 Å². The van der Waals surface area contributed by atoms with E-state index in [1.54, 1.807) is 0 Å². The van der Waals surface area contributed by atoms with Crippen LogP contribution in [0.4, 0.5) is 0 Å². The maximum atomic E-state index is 12.6. The average Bonchev–Trinajstić information content (AvgIpc) is 3.00. The van der Waals surface area contributed by atoms with E-state index in [1.807, 2.05) is 19.0 Å². The Morgan fingerprint density at radius 3 is 1.36 bits per heavy atom. The zero-order chi connectivity index (χ0) is 33.1. The molecule has 0 aliphatic carbocycles. The smallest absolute Gasteiger partial charge is 0.307 e. The van der Waals surface area contributed by atoms with Crippen molar-refractivity contribution in [1.29, 1.82) is 0 Å². The van der Waals surface area contributed by atoms with Crippen LogP contribution in [0, 0.1) is 0 Å². The van der Waals surface area contributed by atoms with Gasteiger partial charge in [0.15, 0.2) is 0 Å². The fourth-order valence-corrected chi connectivity index (χ4v) is 6.11. The van der Waals surface area contributed by atoms with Crippen LogP contribution in [0.25, 0.3) is 0 Å². The van der Waals surface area contributed by atoms with Gasteiger partial charge in [0.1, 0.15) is 0 Å². The Bertz CT molecular complexity index is 731. The monoisotopic (exact) mass is 652 g/mol. The molecular formula is C39H74NO4P. The van der Waals surface area contributed by atoms with Crippen LogP contribution in [0.15, 0.2) is 48.6 Å². The highest BCUT2D eigenvalue weighted by Crippen LogP contribution is 2.46. The fraction of sp³-hybridized carbons (Fsp3) is 0.795. The van der Waals surface area contributed by atoms with Gasteiger partial charge in [0, 0.05) is 6.54 Å². The second-order valence-corrected chi connectivity index (χ2v) is 14.3. The van der Waals surface area contributed by atoms with Gasteiger partial charge in [0.25, 0.3) is 0 Å². The van der Waals surface area contributed by atoms with E-state index in [4.69, 9.17) is 9.05 Å². The zero-order valence-electron chi connectivity index (χ0n) is 30.1. The highest BCUT2D eigenvalue weighted by Gasteiger charge is 2.26. The molecule has 1 N–H and O–H groups in total. The van der Waals surface area contributed by atoms with Crippen LogP contribution in [0.5, 0.6) is 0 Å². The Kier molecular flexibility index (Phi) is 33.6. The molecule has 1 unspecified atom stereocenters. The molecule has 5 nitrogen and oxygen atoms in total. The predicted octanol–water partition coefficient (Wildman–Crippen LogP) is 12.7. The third-order valence-corrected chi connectivity index (χ3v) is 9.10. The number of nitrogens with zero attached hydrogens (tertiary/aromatic N) is 1. The fourth-order valence-electron chi connectivity index (χ4n) is 5.15. The normalized spacial score (nSPS) is 14.0. The second kappa shape index (κ2) is 34.4. The number of hydrogen-bond acceptors (Lipinski definition) is 4.